The Morgan fingerprint density at radius 1 is 1.26 bits per heavy atom. The van der Waals surface area contributed by atoms with Gasteiger partial charge >= 0.3 is 0 Å². The zero-order valence-corrected chi connectivity index (χ0v) is 15.2. The first kappa shape index (κ1) is 17.4. The van der Waals surface area contributed by atoms with Crippen molar-refractivity contribution in [2.24, 2.45) is 5.92 Å². The van der Waals surface area contributed by atoms with Crippen LogP contribution in [0.4, 0.5) is 11.4 Å². The second kappa shape index (κ2) is 7.31. The number of hydrogen-bond acceptors (Lipinski definition) is 4. The van der Waals surface area contributed by atoms with Crippen molar-refractivity contribution < 1.29 is 19.1 Å². The van der Waals surface area contributed by atoms with Gasteiger partial charge < -0.3 is 19.7 Å². The highest BCUT2D eigenvalue weighted by Crippen LogP contribution is 2.36. The molecule has 0 saturated heterocycles. The maximum absolute atomic E-state index is 12.3. The highest BCUT2D eigenvalue weighted by Gasteiger charge is 2.30. The van der Waals surface area contributed by atoms with Crippen molar-refractivity contribution in [2.75, 3.05) is 30.0 Å². The number of carbonyl (C=O) groups excluding carboxylic acids is 2. The van der Waals surface area contributed by atoms with Crippen LogP contribution in [0.25, 0.3) is 0 Å². The lowest BCUT2D eigenvalue weighted by molar-refractivity contribution is -0.121. The van der Waals surface area contributed by atoms with Gasteiger partial charge in [0.1, 0.15) is 18.1 Å². The van der Waals surface area contributed by atoms with E-state index in [0.717, 1.165) is 24.2 Å². The van der Waals surface area contributed by atoms with Gasteiger partial charge in [-0.15, -0.1) is 0 Å². The highest BCUT2D eigenvalue weighted by atomic mass is 16.5. The van der Waals surface area contributed by atoms with Gasteiger partial charge in [-0.05, 0) is 49.6 Å². The molecule has 0 spiro atoms. The van der Waals surface area contributed by atoms with E-state index in [9.17, 15) is 9.59 Å². The standard InChI is InChI=1S/C21H22N2O4/c1-14-3-2-4-17(11-14)26-10-9-23-18-8-7-16(22-21(25)15-5-6-15)12-19(18)27-13-20(23)24/h2-4,7-8,11-12,15H,5-6,9-10,13H2,1H3,(H,22,25). The van der Waals surface area contributed by atoms with Crippen LogP contribution in [0.3, 0.4) is 0 Å². The third kappa shape index (κ3) is 4.05. The van der Waals surface area contributed by atoms with Gasteiger partial charge in [0.2, 0.25) is 5.91 Å². The van der Waals surface area contributed by atoms with Crippen LogP contribution in [0.1, 0.15) is 18.4 Å². The van der Waals surface area contributed by atoms with Gasteiger partial charge in [0, 0.05) is 17.7 Å². The lowest BCUT2D eigenvalue weighted by Crippen LogP contribution is -2.41. The molecule has 1 saturated carbocycles. The van der Waals surface area contributed by atoms with Crippen molar-refractivity contribution >= 4 is 23.2 Å². The second-order valence-corrected chi connectivity index (χ2v) is 6.95. The highest BCUT2D eigenvalue weighted by molar-refractivity contribution is 5.99. The fraction of sp³-hybridized carbons (Fsp3) is 0.333. The van der Waals surface area contributed by atoms with Gasteiger partial charge in [0.05, 0.1) is 12.2 Å². The van der Waals surface area contributed by atoms with Gasteiger partial charge in [0.15, 0.2) is 6.61 Å². The molecule has 1 aliphatic heterocycles. The van der Waals surface area contributed by atoms with Gasteiger partial charge in [-0.1, -0.05) is 12.1 Å². The Kier molecular flexibility index (Phi) is 4.71. The molecule has 6 heteroatoms. The predicted octanol–water partition coefficient (Wildman–Crippen LogP) is 3.15. The maximum atomic E-state index is 12.3. The fourth-order valence-electron chi connectivity index (χ4n) is 3.08. The Balaban J connectivity index is 1.42. The van der Waals surface area contributed by atoms with Crippen LogP contribution in [0.15, 0.2) is 42.5 Å². The maximum Gasteiger partial charge on any atom is 0.265 e. The number of aryl methyl sites for hydroxylation is 1. The molecule has 6 nitrogen and oxygen atoms in total. The Labute approximate surface area is 158 Å². The minimum Gasteiger partial charge on any atom is -0.492 e. The number of rotatable bonds is 6. The molecule has 0 unspecified atom stereocenters. The van der Waals surface area contributed by atoms with Crippen molar-refractivity contribution in [3.63, 3.8) is 0 Å². The van der Waals surface area contributed by atoms with Gasteiger partial charge in [0.25, 0.3) is 5.91 Å². The molecule has 2 aliphatic rings. The summed E-state index contributed by atoms with van der Waals surface area (Å²) in [6.07, 6.45) is 1.91. The number of nitrogens with zero attached hydrogens (tertiary/aromatic N) is 1. The van der Waals surface area contributed by atoms with Crippen molar-refractivity contribution in [3.8, 4) is 11.5 Å². The van der Waals surface area contributed by atoms with Gasteiger partial charge in [-0.25, -0.2) is 0 Å². The minimum absolute atomic E-state index is 0.0164. The molecule has 1 fully saturated rings. The topological polar surface area (TPSA) is 67.9 Å². The van der Waals surface area contributed by atoms with E-state index in [1.165, 1.54) is 0 Å². The minimum atomic E-state index is -0.106. The number of anilines is 2. The molecule has 0 bridgehead atoms. The monoisotopic (exact) mass is 366 g/mol. The van der Waals surface area contributed by atoms with E-state index >= 15 is 0 Å². The van der Waals surface area contributed by atoms with E-state index in [4.69, 9.17) is 9.47 Å². The second-order valence-electron chi connectivity index (χ2n) is 6.95. The first-order chi connectivity index (χ1) is 13.1. The van der Waals surface area contributed by atoms with Crippen LogP contribution in [-0.4, -0.2) is 31.6 Å². The summed E-state index contributed by atoms with van der Waals surface area (Å²) in [5.74, 6) is 1.46. The molecule has 2 amide bonds. The van der Waals surface area contributed by atoms with E-state index in [1.54, 1.807) is 17.0 Å². The van der Waals surface area contributed by atoms with E-state index in [-0.39, 0.29) is 24.3 Å². The number of nitrogens with one attached hydrogen (secondary N) is 1. The largest absolute Gasteiger partial charge is 0.492 e. The SMILES string of the molecule is Cc1cccc(OCCN2C(=O)COc3cc(NC(=O)C4CC4)ccc32)c1. The summed E-state index contributed by atoms with van der Waals surface area (Å²) in [5, 5.41) is 2.90. The van der Waals surface area contributed by atoms with E-state index < -0.39 is 0 Å². The smallest absolute Gasteiger partial charge is 0.265 e. The Hall–Kier alpha value is -3.02. The summed E-state index contributed by atoms with van der Waals surface area (Å²) in [4.78, 5) is 25.9. The quantitative estimate of drug-likeness (QED) is 0.853. The molecule has 1 aliphatic carbocycles. The first-order valence-corrected chi connectivity index (χ1v) is 9.18. The lowest BCUT2D eigenvalue weighted by atomic mass is 10.2. The Morgan fingerprint density at radius 2 is 2.11 bits per heavy atom. The van der Waals surface area contributed by atoms with Crippen LogP contribution in [0.2, 0.25) is 0 Å². The molecule has 0 radical (unpaired) electrons. The van der Waals surface area contributed by atoms with Crippen molar-refractivity contribution in [1.82, 2.24) is 0 Å². The number of benzene rings is 2. The third-order valence-corrected chi connectivity index (χ3v) is 4.69. The lowest BCUT2D eigenvalue weighted by Gasteiger charge is -2.29. The molecule has 0 aromatic heterocycles. The zero-order chi connectivity index (χ0) is 18.8. The Bertz CT molecular complexity index is 876. The number of hydrogen-bond donors (Lipinski definition) is 1. The van der Waals surface area contributed by atoms with Crippen molar-refractivity contribution in [1.29, 1.82) is 0 Å². The molecule has 1 heterocycles. The normalized spacial score (nSPS) is 15.7. The summed E-state index contributed by atoms with van der Waals surface area (Å²) in [6.45, 7) is 2.80. The number of amides is 2. The van der Waals surface area contributed by atoms with Crippen LogP contribution < -0.4 is 19.7 Å². The molecule has 27 heavy (non-hydrogen) atoms. The van der Waals surface area contributed by atoms with Gasteiger partial charge in [-0.2, -0.15) is 0 Å². The molecular formula is C21H22N2O4. The molecule has 0 atom stereocenters. The van der Waals surface area contributed by atoms with Crippen LogP contribution >= 0.6 is 0 Å². The number of ether oxygens (including phenoxy) is 2. The summed E-state index contributed by atoms with van der Waals surface area (Å²) in [5.41, 5.74) is 2.51. The van der Waals surface area contributed by atoms with Crippen molar-refractivity contribution in [2.45, 2.75) is 19.8 Å². The molecule has 4 rings (SSSR count). The van der Waals surface area contributed by atoms with Gasteiger partial charge in [-0.3, -0.25) is 9.59 Å². The average Bonchev–Trinajstić information content (AvgIpc) is 3.49. The molecule has 1 N–H and O–H groups in total. The number of carbonyl (C=O) groups is 2. The summed E-state index contributed by atoms with van der Waals surface area (Å²) >= 11 is 0. The van der Waals surface area contributed by atoms with E-state index in [2.05, 4.69) is 5.32 Å². The van der Waals surface area contributed by atoms with Crippen LogP contribution in [0.5, 0.6) is 11.5 Å². The number of fused-ring (bicyclic) bond motifs is 1. The molecular weight excluding hydrogens is 344 g/mol. The summed E-state index contributed by atoms with van der Waals surface area (Å²) in [7, 11) is 0. The van der Waals surface area contributed by atoms with E-state index in [1.807, 2.05) is 37.3 Å². The zero-order valence-electron chi connectivity index (χ0n) is 15.2. The molecule has 140 valence electrons. The first-order valence-electron chi connectivity index (χ1n) is 9.18. The Morgan fingerprint density at radius 3 is 2.89 bits per heavy atom. The van der Waals surface area contributed by atoms with Crippen molar-refractivity contribution in [3.05, 3.63) is 48.0 Å². The summed E-state index contributed by atoms with van der Waals surface area (Å²) in [6, 6.07) is 13.2. The third-order valence-electron chi connectivity index (χ3n) is 4.69. The van der Waals surface area contributed by atoms with Crippen LogP contribution in [0, 0.1) is 12.8 Å². The average molecular weight is 366 g/mol. The fourth-order valence-corrected chi connectivity index (χ4v) is 3.08. The van der Waals surface area contributed by atoms with Crippen LogP contribution in [-0.2, 0) is 9.59 Å². The summed E-state index contributed by atoms with van der Waals surface area (Å²) < 4.78 is 11.3. The predicted molar refractivity (Wildman–Crippen MR) is 102 cm³/mol. The molecule has 2 aromatic rings. The van der Waals surface area contributed by atoms with E-state index in [0.29, 0.717) is 30.3 Å². The molecule has 2 aromatic carbocycles.